The number of nitrogens with one attached hydrogen (secondary N) is 1. The van der Waals surface area contributed by atoms with E-state index in [-0.39, 0.29) is 5.91 Å². The maximum absolute atomic E-state index is 12.9. The molecule has 0 radical (unpaired) electrons. The number of hydrogen-bond donors (Lipinski definition) is 1. The first-order chi connectivity index (χ1) is 13.3. The molecule has 0 aliphatic heterocycles. The lowest BCUT2D eigenvalue weighted by atomic mass is 10.1. The van der Waals surface area contributed by atoms with Crippen LogP contribution < -0.4 is 5.32 Å². The van der Waals surface area contributed by atoms with Crippen molar-refractivity contribution in [2.45, 2.75) is 0 Å². The lowest BCUT2D eigenvalue weighted by Crippen LogP contribution is -2.14. The van der Waals surface area contributed by atoms with Gasteiger partial charge in [0, 0.05) is 28.2 Å². The van der Waals surface area contributed by atoms with Gasteiger partial charge in [0.2, 0.25) is 0 Å². The van der Waals surface area contributed by atoms with Crippen LogP contribution in [0.2, 0.25) is 0 Å². The second kappa shape index (κ2) is 6.37. The summed E-state index contributed by atoms with van der Waals surface area (Å²) in [5.74, 6) is -0.144. The Labute approximate surface area is 159 Å². The zero-order valence-electron chi connectivity index (χ0n) is 14.3. The van der Waals surface area contributed by atoms with Crippen LogP contribution in [-0.2, 0) is 0 Å². The molecule has 0 saturated heterocycles. The van der Waals surface area contributed by atoms with Crippen LogP contribution >= 0.6 is 11.3 Å². The van der Waals surface area contributed by atoms with Gasteiger partial charge in [-0.1, -0.05) is 66.7 Å². The van der Waals surface area contributed by atoms with Crippen molar-refractivity contribution in [3.63, 3.8) is 0 Å². The summed E-state index contributed by atoms with van der Waals surface area (Å²) < 4.78 is 1.85. The zero-order chi connectivity index (χ0) is 18.2. The van der Waals surface area contributed by atoms with E-state index in [1.54, 1.807) is 0 Å². The Balaban J connectivity index is 1.51. The van der Waals surface area contributed by atoms with Crippen LogP contribution in [0.4, 0.5) is 5.69 Å². The van der Waals surface area contributed by atoms with Gasteiger partial charge in [0.25, 0.3) is 5.91 Å². The number of rotatable bonds is 3. The minimum Gasteiger partial charge on any atom is -0.320 e. The molecular formula is C22H15N3OS. The SMILES string of the molecule is O=C(Nc1cccc2ccccc12)c1csc2nc(-c3ccccc3)cn12. The third kappa shape index (κ3) is 2.78. The van der Waals surface area contributed by atoms with Gasteiger partial charge in [-0.2, -0.15) is 0 Å². The summed E-state index contributed by atoms with van der Waals surface area (Å²) in [5, 5.41) is 7.01. The van der Waals surface area contributed by atoms with Crippen molar-refractivity contribution in [1.82, 2.24) is 9.38 Å². The number of amides is 1. The summed E-state index contributed by atoms with van der Waals surface area (Å²) in [5.41, 5.74) is 3.29. The Hall–Kier alpha value is -3.44. The van der Waals surface area contributed by atoms with E-state index >= 15 is 0 Å². The van der Waals surface area contributed by atoms with Gasteiger partial charge in [-0.15, -0.1) is 11.3 Å². The molecule has 5 aromatic rings. The van der Waals surface area contributed by atoms with Crippen molar-refractivity contribution in [3.8, 4) is 11.3 Å². The van der Waals surface area contributed by atoms with E-state index in [1.807, 2.05) is 88.8 Å². The maximum atomic E-state index is 12.9. The summed E-state index contributed by atoms with van der Waals surface area (Å²) in [6, 6.07) is 23.9. The molecule has 27 heavy (non-hydrogen) atoms. The molecule has 0 unspecified atom stereocenters. The highest BCUT2D eigenvalue weighted by molar-refractivity contribution is 7.15. The summed E-state index contributed by atoms with van der Waals surface area (Å²) >= 11 is 1.46. The Bertz CT molecular complexity index is 1270. The summed E-state index contributed by atoms with van der Waals surface area (Å²) in [6.07, 6.45) is 1.92. The fraction of sp³-hybridized carbons (Fsp3) is 0. The zero-order valence-corrected chi connectivity index (χ0v) is 15.1. The third-order valence-electron chi connectivity index (χ3n) is 4.55. The number of fused-ring (bicyclic) bond motifs is 2. The topological polar surface area (TPSA) is 46.4 Å². The number of imidazole rings is 1. The van der Waals surface area contributed by atoms with E-state index < -0.39 is 0 Å². The van der Waals surface area contributed by atoms with Crippen molar-refractivity contribution in [2.24, 2.45) is 0 Å². The second-order valence-corrected chi connectivity index (χ2v) is 7.08. The molecule has 3 aromatic carbocycles. The van der Waals surface area contributed by atoms with E-state index in [2.05, 4.69) is 10.3 Å². The Morgan fingerprint density at radius 2 is 1.70 bits per heavy atom. The summed E-state index contributed by atoms with van der Waals surface area (Å²) in [4.78, 5) is 18.4. The molecule has 1 amide bonds. The van der Waals surface area contributed by atoms with Crippen LogP contribution in [0.1, 0.15) is 10.5 Å². The van der Waals surface area contributed by atoms with E-state index in [0.717, 1.165) is 32.7 Å². The normalized spacial score (nSPS) is 11.1. The highest BCUT2D eigenvalue weighted by Crippen LogP contribution is 2.26. The standard InChI is InChI=1S/C22H15N3OS/c26-21(23-18-12-6-10-15-7-4-5-11-17(15)18)20-14-27-22-24-19(13-25(20)22)16-8-2-1-3-9-16/h1-14H,(H,23,26). The van der Waals surface area contributed by atoms with Gasteiger partial charge >= 0.3 is 0 Å². The molecule has 0 spiro atoms. The van der Waals surface area contributed by atoms with Gasteiger partial charge < -0.3 is 5.32 Å². The molecule has 0 atom stereocenters. The highest BCUT2D eigenvalue weighted by Gasteiger charge is 2.16. The summed E-state index contributed by atoms with van der Waals surface area (Å²) in [6.45, 7) is 0. The number of benzene rings is 3. The first-order valence-corrected chi connectivity index (χ1v) is 9.49. The van der Waals surface area contributed by atoms with Crippen LogP contribution in [0.3, 0.4) is 0 Å². The maximum Gasteiger partial charge on any atom is 0.273 e. The van der Waals surface area contributed by atoms with Gasteiger partial charge in [0.05, 0.1) is 5.69 Å². The predicted octanol–water partition coefficient (Wildman–Crippen LogP) is 5.47. The van der Waals surface area contributed by atoms with Crippen LogP contribution in [0.15, 0.2) is 84.4 Å². The largest absolute Gasteiger partial charge is 0.320 e. The quantitative estimate of drug-likeness (QED) is 0.458. The molecule has 5 rings (SSSR count). The molecule has 4 nitrogen and oxygen atoms in total. The molecular weight excluding hydrogens is 354 g/mol. The molecule has 0 fully saturated rings. The van der Waals surface area contributed by atoms with Crippen LogP contribution in [0, 0.1) is 0 Å². The lowest BCUT2D eigenvalue weighted by Gasteiger charge is -2.08. The first-order valence-electron chi connectivity index (χ1n) is 8.61. The van der Waals surface area contributed by atoms with E-state index in [0.29, 0.717) is 5.69 Å². The monoisotopic (exact) mass is 369 g/mol. The summed E-state index contributed by atoms with van der Waals surface area (Å²) in [7, 11) is 0. The number of hydrogen-bond acceptors (Lipinski definition) is 3. The van der Waals surface area contributed by atoms with Crippen molar-refractivity contribution < 1.29 is 4.79 Å². The van der Waals surface area contributed by atoms with Gasteiger partial charge in [0.15, 0.2) is 4.96 Å². The third-order valence-corrected chi connectivity index (χ3v) is 5.39. The van der Waals surface area contributed by atoms with Gasteiger partial charge in [0.1, 0.15) is 5.69 Å². The van der Waals surface area contributed by atoms with Crippen LogP contribution in [0.25, 0.3) is 27.0 Å². The van der Waals surface area contributed by atoms with Crippen LogP contribution in [-0.4, -0.2) is 15.3 Å². The second-order valence-electron chi connectivity index (χ2n) is 6.25. The van der Waals surface area contributed by atoms with Crippen molar-refractivity contribution in [2.75, 3.05) is 5.32 Å². The number of thiazole rings is 1. The molecule has 5 heteroatoms. The number of anilines is 1. The van der Waals surface area contributed by atoms with Crippen molar-refractivity contribution >= 4 is 38.7 Å². The van der Waals surface area contributed by atoms with E-state index in [9.17, 15) is 4.79 Å². The molecule has 0 bridgehead atoms. The number of carbonyl (C=O) groups excluding carboxylic acids is 1. The average molecular weight is 369 g/mol. The van der Waals surface area contributed by atoms with Gasteiger partial charge in [-0.3, -0.25) is 9.20 Å². The molecule has 130 valence electrons. The smallest absolute Gasteiger partial charge is 0.273 e. The minimum absolute atomic E-state index is 0.144. The lowest BCUT2D eigenvalue weighted by molar-refractivity contribution is 0.102. The fourth-order valence-electron chi connectivity index (χ4n) is 3.22. The average Bonchev–Trinajstić information content (AvgIpc) is 3.30. The first kappa shape index (κ1) is 15.8. The molecule has 0 saturated carbocycles. The Morgan fingerprint density at radius 3 is 2.59 bits per heavy atom. The molecule has 0 aliphatic carbocycles. The van der Waals surface area contributed by atoms with Crippen molar-refractivity contribution in [1.29, 1.82) is 0 Å². The van der Waals surface area contributed by atoms with Crippen LogP contribution in [0.5, 0.6) is 0 Å². The fourth-order valence-corrected chi connectivity index (χ4v) is 4.07. The van der Waals surface area contributed by atoms with Gasteiger partial charge in [-0.25, -0.2) is 4.98 Å². The molecule has 0 aliphatic rings. The molecule has 1 N–H and O–H groups in total. The number of aromatic nitrogens is 2. The molecule has 2 aromatic heterocycles. The van der Waals surface area contributed by atoms with Crippen molar-refractivity contribution in [3.05, 3.63) is 90.1 Å². The highest BCUT2D eigenvalue weighted by atomic mass is 32.1. The minimum atomic E-state index is -0.144. The van der Waals surface area contributed by atoms with E-state index in [4.69, 9.17) is 0 Å². The number of nitrogens with zero attached hydrogens (tertiary/aromatic N) is 2. The Morgan fingerprint density at radius 1 is 0.926 bits per heavy atom. The van der Waals surface area contributed by atoms with E-state index in [1.165, 1.54) is 11.3 Å². The molecule has 2 heterocycles. The van der Waals surface area contributed by atoms with Gasteiger partial charge in [-0.05, 0) is 11.5 Å². The number of carbonyl (C=O) groups is 1. The predicted molar refractivity (Wildman–Crippen MR) is 110 cm³/mol. The Kier molecular flexibility index (Phi) is 3.73.